The second-order valence-electron chi connectivity index (χ2n) is 17.7. The zero-order valence-electron chi connectivity index (χ0n) is 40.6. The van der Waals surface area contributed by atoms with Gasteiger partial charge in [-0.1, -0.05) is 170 Å². The van der Waals surface area contributed by atoms with Crippen molar-refractivity contribution in [3.63, 3.8) is 0 Å². The third-order valence-corrected chi connectivity index (χ3v) is 10.8. The molecule has 8 nitrogen and oxygen atoms in total. The molecule has 0 fully saturated rings. The lowest BCUT2D eigenvalue weighted by atomic mass is 10.1. The van der Waals surface area contributed by atoms with Crippen LogP contribution in [0.15, 0.2) is 72.9 Å². The molecular weight excluding hydrogens is 775 g/mol. The third kappa shape index (κ3) is 42.1. The van der Waals surface area contributed by atoms with Crippen LogP contribution >= 0.6 is 0 Å². The van der Waals surface area contributed by atoms with Crippen molar-refractivity contribution in [3.05, 3.63) is 72.9 Å². The minimum Gasteiger partial charge on any atom is -0.477 e. The van der Waals surface area contributed by atoms with E-state index >= 15 is 0 Å². The summed E-state index contributed by atoms with van der Waals surface area (Å²) in [7, 11) is 5.52. The van der Waals surface area contributed by atoms with Crippen LogP contribution in [0.4, 0.5) is 0 Å². The van der Waals surface area contributed by atoms with Gasteiger partial charge in [0.1, 0.15) is 6.61 Å². The molecule has 0 aliphatic carbocycles. The Morgan fingerprint density at radius 2 is 0.903 bits per heavy atom. The number of carbonyl (C=O) groups excluding carboxylic acids is 2. The predicted octanol–water partition coefficient (Wildman–Crippen LogP) is 14.3. The molecule has 0 aromatic heterocycles. The van der Waals surface area contributed by atoms with Gasteiger partial charge in [0.05, 0.1) is 34.4 Å². The number of esters is 2. The Morgan fingerprint density at radius 1 is 0.500 bits per heavy atom. The Kier molecular flexibility index (Phi) is 42.1. The van der Waals surface area contributed by atoms with E-state index in [1.54, 1.807) is 0 Å². The maximum absolute atomic E-state index is 12.8. The van der Waals surface area contributed by atoms with Crippen molar-refractivity contribution in [2.24, 2.45) is 0 Å². The van der Waals surface area contributed by atoms with Crippen molar-refractivity contribution < 1.29 is 38.2 Å². The first kappa shape index (κ1) is 58.8. The standard InChI is InChI=1S/C54H93NO7/c1-6-8-10-12-14-16-18-20-22-23-24-25-26-27-28-29-31-33-35-37-39-41-43-45-53(57)62-50(48-60-47-46-51(54(58)59)55(3,4)5)49-61-52(56)44-42-40-38-36-34-32-30-21-19-17-15-13-11-9-7-2/h8,10,14,16-17,19-20,22,24-25,27-28,50-51H,6-7,9,11-13,15,18,21,23,26,29-49H2,1-5H3/p+1/b10-8+,16-14+,19-17+,22-20+,25-24+,28-27+. The van der Waals surface area contributed by atoms with E-state index < -0.39 is 18.1 Å². The summed E-state index contributed by atoms with van der Waals surface area (Å²) in [4.78, 5) is 37.1. The van der Waals surface area contributed by atoms with Gasteiger partial charge in [-0.2, -0.15) is 0 Å². The van der Waals surface area contributed by atoms with Crippen LogP contribution in [0, 0.1) is 0 Å². The second kappa shape index (κ2) is 44.4. The second-order valence-corrected chi connectivity index (χ2v) is 17.7. The highest BCUT2D eigenvalue weighted by molar-refractivity contribution is 5.72. The molecule has 0 saturated heterocycles. The molecule has 0 radical (unpaired) electrons. The summed E-state index contributed by atoms with van der Waals surface area (Å²) in [5.41, 5.74) is 0. The van der Waals surface area contributed by atoms with E-state index in [1.807, 2.05) is 21.1 Å². The van der Waals surface area contributed by atoms with E-state index in [-0.39, 0.29) is 36.2 Å². The number of likely N-dealkylation sites (N-methyl/N-ethyl adjacent to an activating group) is 1. The summed E-state index contributed by atoms with van der Waals surface area (Å²) < 4.78 is 17.3. The van der Waals surface area contributed by atoms with Gasteiger partial charge in [-0.3, -0.25) is 9.59 Å². The summed E-state index contributed by atoms with van der Waals surface area (Å²) >= 11 is 0. The lowest BCUT2D eigenvalue weighted by Crippen LogP contribution is -2.50. The minimum absolute atomic E-state index is 0.0525. The minimum atomic E-state index is -0.879. The summed E-state index contributed by atoms with van der Waals surface area (Å²) in [6.07, 6.45) is 56.6. The highest BCUT2D eigenvalue weighted by Gasteiger charge is 2.31. The third-order valence-electron chi connectivity index (χ3n) is 10.8. The van der Waals surface area contributed by atoms with Gasteiger partial charge in [0.25, 0.3) is 0 Å². The SMILES string of the molecule is CC/C=C/C/C=C/C/C=C/C/C=C/C/C=C/CCCCCCCCCC(=O)OC(COCCC(C(=O)O)[N+](C)(C)C)COC(=O)CCCCCCCCC/C=C/CCCCCC. The first-order valence-electron chi connectivity index (χ1n) is 25.0. The Balaban J connectivity index is 4.29. The molecule has 1 N–H and O–H groups in total. The van der Waals surface area contributed by atoms with Crippen LogP contribution in [0.25, 0.3) is 0 Å². The monoisotopic (exact) mass is 869 g/mol. The van der Waals surface area contributed by atoms with Gasteiger partial charge >= 0.3 is 17.9 Å². The van der Waals surface area contributed by atoms with Crippen molar-refractivity contribution >= 4 is 17.9 Å². The number of hydrogen-bond acceptors (Lipinski definition) is 6. The Morgan fingerprint density at radius 3 is 1.35 bits per heavy atom. The van der Waals surface area contributed by atoms with Crippen molar-refractivity contribution in [1.29, 1.82) is 0 Å². The van der Waals surface area contributed by atoms with E-state index in [0.717, 1.165) is 83.5 Å². The largest absolute Gasteiger partial charge is 0.477 e. The fraction of sp³-hybridized carbons (Fsp3) is 0.722. The number of nitrogens with zero attached hydrogens (tertiary/aromatic N) is 1. The molecule has 356 valence electrons. The number of carbonyl (C=O) groups is 3. The number of unbranched alkanes of at least 4 members (excludes halogenated alkanes) is 18. The van der Waals surface area contributed by atoms with E-state index in [2.05, 4.69) is 86.8 Å². The summed E-state index contributed by atoms with van der Waals surface area (Å²) in [6.45, 7) is 4.60. The number of hydrogen-bond donors (Lipinski definition) is 1. The average molecular weight is 869 g/mol. The van der Waals surface area contributed by atoms with Gasteiger partial charge < -0.3 is 23.8 Å². The molecular formula is C54H94NO7+. The summed E-state index contributed by atoms with van der Waals surface area (Å²) in [5, 5.41) is 9.65. The topological polar surface area (TPSA) is 99.1 Å². The first-order chi connectivity index (χ1) is 30.1. The maximum atomic E-state index is 12.8. The molecule has 0 aromatic rings. The fourth-order valence-corrected chi connectivity index (χ4v) is 6.99. The number of aliphatic carboxylic acids is 1. The number of ether oxygens (including phenoxy) is 3. The highest BCUT2D eigenvalue weighted by Crippen LogP contribution is 2.14. The zero-order valence-corrected chi connectivity index (χ0v) is 40.6. The molecule has 2 atom stereocenters. The van der Waals surface area contributed by atoms with Crippen LogP contribution in [0.1, 0.15) is 200 Å². The molecule has 2 unspecified atom stereocenters. The van der Waals surface area contributed by atoms with E-state index in [9.17, 15) is 19.5 Å². The van der Waals surface area contributed by atoms with Gasteiger partial charge in [0.2, 0.25) is 0 Å². The Hall–Kier alpha value is -3.23. The van der Waals surface area contributed by atoms with E-state index in [1.165, 1.54) is 83.5 Å². The maximum Gasteiger partial charge on any atom is 0.362 e. The summed E-state index contributed by atoms with van der Waals surface area (Å²) in [5.74, 6) is -1.49. The van der Waals surface area contributed by atoms with Crippen molar-refractivity contribution in [3.8, 4) is 0 Å². The van der Waals surface area contributed by atoms with Crippen LogP contribution in [0.2, 0.25) is 0 Å². The van der Waals surface area contributed by atoms with Gasteiger partial charge in [0.15, 0.2) is 12.1 Å². The smallest absolute Gasteiger partial charge is 0.362 e. The lowest BCUT2D eigenvalue weighted by molar-refractivity contribution is -0.887. The lowest BCUT2D eigenvalue weighted by Gasteiger charge is -2.31. The van der Waals surface area contributed by atoms with Crippen LogP contribution in [0.5, 0.6) is 0 Å². The molecule has 0 aliphatic rings. The van der Waals surface area contributed by atoms with Crippen LogP contribution < -0.4 is 0 Å². The molecule has 0 bridgehead atoms. The van der Waals surface area contributed by atoms with Crippen LogP contribution in [0.3, 0.4) is 0 Å². The zero-order chi connectivity index (χ0) is 45.6. The number of rotatable bonds is 44. The summed E-state index contributed by atoms with van der Waals surface area (Å²) in [6, 6.07) is -0.621. The van der Waals surface area contributed by atoms with Crippen LogP contribution in [-0.2, 0) is 28.6 Å². The van der Waals surface area contributed by atoms with E-state index in [4.69, 9.17) is 14.2 Å². The highest BCUT2D eigenvalue weighted by atomic mass is 16.6. The Labute approximate surface area is 381 Å². The van der Waals surface area contributed by atoms with Crippen LogP contribution in [-0.4, -0.2) is 80.6 Å². The molecule has 0 heterocycles. The van der Waals surface area contributed by atoms with Crippen molar-refractivity contribution in [2.45, 2.75) is 212 Å². The number of quaternary nitrogens is 1. The average Bonchev–Trinajstić information content (AvgIpc) is 3.23. The number of carboxylic acids is 1. The normalized spacial score (nSPS) is 13.5. The first-order valence-corrected chi connectivity index (χ1v) is 25.0. The Bertz CT molecular complexity index is 1240. The van der Waals surface area contributed by atoms with Gasteiger partial charge in [-0.05, 0) is 83.5 Å². The van der Waals surface area contributed by atoms with E-state index in [0.29, 0.717) is 19.3 Å². The van der Waals surface area contributed by atoms with Crippen molar-refractivity contribution in [1.82, 2.24) is 0 Å². The van der Waals surface area contributed by atoms with Gasteiger partial charge in [-0.25, -0.2) is 4.79 Å². The quantitative estimate of drug-likeness (QED) is 0.0282. The van der Waals surface area contributed by atoms with Gasteiger partial charge in [0, 0.05) is 19.3 Å². The van der Waals surface area contributed by atoms with Gasteiger partial charge in [-0.15, -0.1) is 0 Å². The molecule has 8 heteroatoms. The molecule has 0 aromatic carbocycles. The number of allylic oxidation sites excluding steroid dienone is 12. The molecule has 0 amide bonds. The predicted molar refractivity (Wildman–Crippen MR) is 261 cm³/mol. The molecule has 0 rings (SSSR count). The fourth-order valence-electron chi connectivity index (χ4n) is 6.99. The molecule has 0 saturated carbocycles. The molecule has 0 aliphatic heterocycles. The van der Waals surface area contributed by atoms with Crippen molar-refractivity contribution in [2.75, 3.05) is 41.0 Å². The molecule has 62 heavy (non-hydrogen) atoms. The molecule has 0 spiro atoms. The number of carboxylic acid groups (broad SMARTS) is 1.